The normalized spacial score (nSPS) is 11.7. The second-order valence-electron chi connectivity index (χ2n) is 5.53. The molecule has 0 aliphatic carbocycles. The highest BCUT2D eigenvalue weighted by Gasteiger charge is 2.16. The summed E-state index contributed by atoms with van der Waals surface area (Å²) in [5.74, 6) is 0.487. The van der Waals surface area contributed by atoms with Gasteiger partial charge in [-0.3, -0.25) is 4.79 Å². The third kappa shape index (κ3) is 4.39. The van der Waals surface area contributed by atoms with Crippen LogP contribution in [0, 0.1) is 13.8 Å². The van der Waals surface area contributed by atoms with E-state index < -0.39 is 6.04 Å². The zero-order chi connectivity index (χ0) is 17.0. The number of ether oxygens (including phenoxy) is 1. The van der Waals surface area contributed by atoms with Gasteiger partial charge in [0.25, 0.3) is 0 Å². The van der Waals surface area contributed by atoms with E-state index in [1.165, 1.54) is 0 Å². The predicted molar refractivity (Wildman–Crippen MR) is 95.6 cm³/mol. The van der Waals surface area contributed by atoms with Gasteiger partial charge >= 0.3 is 0 Å². The van der Waals surface area contributed by atoms with Gasteiger partial charge < -0.3 is 15.4 Å². The monoisotopic (exact) mass is 332 g/mol. The topological polar surface area (TPSA) is 50.4 Å². The standard InChI is InChI=1S/C18H21ClN2O2/c1-11-6-5-7-14(8-11)21-18(22)13(3)20-16-9-12(2)15(19)10-17(16)23-4/h5-10,13,20H,1-4H3,(H,21,22)/t13-/m1/s1. The molecule has 0 fully saturated rings. The highest BCUT2D eigenvalue weighted by molar-refractivity contribution is 6.31. The van der Waals surface area contributed by atoms with E-state index in [4.69, 9.17) is 16.3 Å². The van der Waals surface area contributed by atoms with Crippen molar-refractivity contribution in [1.82, 2.24) is 0 Å². The first kappa shape index (κ1) is 17.2. The molecule has 1 atom stereocenters. The Bertz CT molecular complexity index is 716. The second-order valence-corrected chi connectivity index (χ2v) is 5.93. The van der Waals surface area contributed by atoms with Crippen LogP contribution in [0.2, 0.25) is 5.02 Å². The van der Waals surface area contributed by atoms with Gasteiger partial charge in [0.15, 0.2) is 0 Å². The molecule has 2 rings (SSSR count). The zero-order valence-electron chi connectivity index (χ0n) is 13.7. The fourth-order valence-corrected chi connectivity index (χ4v) is 2.37. The van der Waals surface area contributed by atoms with Crippen LogP contribution in [0.25, 0.3) is 0 Å². The first-order valence-corrected chi connectivity index (χ1v) is 7.76. The van der Waals surface area contributed by atoms with Crippen molar-refractivity contribution in [3.05, 3.63) is 52.5 Å². The van der Waals surface area contributed by atoms with Crippen molar-refractivity contribution in [1.29, 1.82) is 0 Å². The first-order chi connectivity index (χ1) is 10.9. The van der Waals surface area contributed by atoms with Crippen molar-refractivity contribution in [2.45, 2.75) is 26.8 Å². The Kier molecular flexibility index (Phi) is 5.50. The summed E-state index contributed by atoms with van der Waals surface area (Å²) in [5, 5.41) is 6.70. The maximum Gasteiger partial charge on any atom is 0.246 e. The Hall–Kier alpha value is -2.20. The number of carbonyl (C=O) groups excluding carboxylic acids is 1. The van der Waals surface area contributed by atoms with Gasteiger partial charge in [-0.2, -0.15) is 0 Å². The largest absolute Gasteiger partial charge is 0.495 e. The molecule has 2 aromatic rings. The molecule has 4 nitrogen and oxygen atoms in total. The minimum absolute atomic E-state index is 0.120. The van der Waals surface area contributed by atoms with Crippen LogP contribution in [-0.4, -0.2) is 19.1 Å². The van der Waals surface area contributed by atoms with E-state index in [0.717, 1.165) is 22.5 Å². The van der Waals surface area contributed by atoms with E-state index in [2.05, 4.69) is 10.6 Å². The van der Waals surface area contributed by atoms with Crippen molar-refractivity contribution >= 4 is 28.9 Å². The van der Waals surface area contributed by atoms with E-state index in [1.54, 1.807) is 20.1 Å². The maximum absolute atomic E-state index is 12.3. The van der Waals surface area contributed by atoms with Crippen LogP contribution in [0.15, 0.2) is 36.4 Å². The van der Waals surface area contributed by atoms with Gasteiger partial charge in [-0.1, -0.05) is 23.7 Å². The van der Waals surface area contributed by atoms with Crippen molar-refractivity contribution in [3.63, 3.8) is 0 Å². The molecule has 0 unspecified atom stereocenters. The van der Waals surface area contributed by atoms with E-state index >= 15 is 0 Å². The lowest BCUT2D eigenvalue weighted by Crippen LogP contribution is -2.32. The molecule has 0 spiro atoms. The summed E-state index contributed by atoms with van der Waals surface area (Å²) in [4.78, 5) is 12.3. The number of hydrogen-bond donors (Lipinski definition) is 2. The molecule has 122 valence electrons. The molecule has 23 heavy (non-hydrogen) atoms. The Morgan fingerprint density at radius 2 is 1.96 bits per heavy atom. The minimum atomic E-state index is -0.426. The predicted octanol–water partition coefficient (Wildman–Crippen LogP) is 4.40. The van der Waals surface area contributed by atoms with Gasteiger partial charge in [0.1, 0.15) is 11.8 Å². The molecule has 2 aromatic carbocycles. The number of anilines is 2. The van der Waals surface area contributed by atoms with Gasteiger partial charge in [-0.15, -0.1) is 0 Å². The Labute approximate surface area is 141 Å². The van der Waals surface area contributed by atoms with Crippen molar-refractivity contribution in [3.8, 4) is 5.75 Å². The van der Waals surface area contributed by atoms with Gasteiger partial charge in [0.2, 0.25) is 5.91 Å². The van der Waals surface area contributed by atoms with Crippen LogP contribution in [0.1, 0.15) is 18.1 Å². The molecule has 0 aromatic heterocycles. The summed E-state index contributed by atoms with van der Waals surface area (Å²) in [5.41, 5.74) is 3.53. The molecule has 0 heterocycles. The molecule has 5 heteroatoms. The van der Waals surface area contributed by atoms with E-state index in [0.29, 0.717) is 10.8 Å². The molecule has 0 aliphatic rings. The quantitative estimate of drug-likeness (QED) is 0.853. The Morgan fingerprint density at radius 3 is 2.61 bits per heavy atom. The number of amides is 1. The lowest BCUT2D eigenvalue weighted by molar-refractivity contribution is -0.116. The minimum Gasteiger partial charge on any atom is -0.495 e. The third-order valence-electron chi connectivity index (χ3n) is 3.53. The lowest BCUT2D eigenvalue weighted by atomic mass is 10.1. The summed E-state index contributed by atoms with van der Waals surface area (Å²) < 4.78 is 5.32. The van der Waals surface area contributed by atoms with Crippen LogP contribution in [0.4, 0.5) is 11.4 Å². The van der Waals surface area contributed by atoms with Gasteiger partial charge in [0, 0.05) is 16.8 Å². The number of carbonyl (C=O) groups is 1. The lowest BCUT2D eigenvalue weighted by Gasteiger charge is -2.18. The maximum atomic E-state index is 12.3. The Morgan fingerprint density at radius 1 is 1.22 bits per heavy atom. The molecular formula is C18H21ClN2O2. The summed E-state index contributed by atoms with van der Waals surface area (Å²) in [6.07, 6.45) is 0. The number of halogens is 1. The molecule has 0 saturated heterocycles. The molecule has 0 radical (unpaired) electrons. The number of rotatable bonds is 5. The molecule has 1 amide bonds. The van der Waals surface area contributed by atoms with Crippen LogP contribution in [0.5, 0.6) is 5.75 Å². The van der Waals surface area contributed by atoms with Crippen molar-refractivity contribution in [2.75, 3.05) is 17.7 Å². The van der Waals surface area contributed by atoms with Crippen LogP contribution >= 0.6 is 11.6 Å². The first-order valence-electron chi connectivity index (χ1n) is 7.39. The fraction of sp³-hybridized carbons (Fsp3) is 0.278. The van der Waals surface area contributed by atoms with E-state index in [9.17, 15) is 4.79 Å². The summed E-state index contributed by atoms with van der Waals surface area (Å²) in [7, 11) is 1.57. The van der Waals surface area contributed by atoms with Crippen LogP contribution < -0.4 is 15.4 Å². The van der Waals surface area contributed by atoms with Crippen molar-refractivity contribution < 1.29 is 9.53 Å². The number of methoxy groups -OCH3 is 1. The fourth-order valence-electron chi connectivity index (χ4n) is 2.22. The number of nitrogens with one attached hydrogen (secondary N) is 2. The van der Waals surface area contributed by atoms with Gasteiger partial charge in [-0.05, 0) is 50.1 Å². The summed E-state index contributed by atoms with van der Waals surface area (Å²) >= 11 is 6.10. The SMILES string of the molecule is COc1cc(Cl)c(C)cc1N[C@H](C)C(=O)Nc1cccc(C)c1. The van der Waals surface area contributed by atoms with Gasteiger partial charge in [-0.25, -0.2) is 0 Å². The molecule has 0 bridgehead atoms. The second kappa shape index (κ2) is 7.38. The van der Waals surface area contributed by atoms with Crippen molar-refractivity contribution in [2.24, 2.45) is 0 Å². The average molecular weight is 333 g/mol. The van der Waals surface area contributed by atoms with Gasteiger partial charge in [0.05, 0.1) is 12.8 Å². The van der Waals surface area contributed by atoms with Crippen LogP contribution in [0.3, 0.4) is 0 Å². The third-order valence-corrected chi connectivity index (χ3v) is 3.94. The molecule has 0 aliphatic heterocycles. The molecule has 0 saturated carbocycles. The number of hydrogen-bond acceptors (Lipinski definition) is 3. The summed E-state index contributed by atoms with van der Waals surface area (Å²) in [6.45, 7) is 5.69. The zero-order valence-corrected chi connectivity index (χ0v) is 14.5. The van der Waals surface area contributed by atoms with Crippen LogP contribution in [-0.2, 0) is 4.79 Å². The van der Waals surface area contributed by atoms with E-state index in [1.807, 2.05) is 44.2 Å². The smallest absolute Gasteiger partial charge is 0.246 e. The van der Waals surface area contributed by atoms with E-state index in [-0.39, 0.29) is 5.91 Å². The summed E-state index contributed by atoms with van der Waals surface area (Å²) in [6, 6.07) is 10.9. The molecular weight excluding hydrogens is 312 g/mol. The Balaban J connectivity index is 2.11. The molecule has 2 N–H and O–H groups in total. The highest BCUT2D eigenvalue weighted by atomic mass is 35.5. The number of aryl methyl sites for hydroxylation is 2. The number of benzene rings is 2. The highest BCUT2D eigenvalue weighted by Crippen LogP contribution is 2.31. The average Bonchev–Trinajstić information content (AvgIpc) is 2.50.